The van der Waals surface area contributed by atoms with Gasteiger partial charge in [-0.2, -0.15) is 26.3 Å². The van der Waals surface area contributed by atoms with E-state index in [0.717, 1.165) is 26.0 Å². The number of amides is 2. The predicted molar refractivity (Wildman–Crippen MR) is 119 cm³/mol. The summed E-state index contributed by atoms with van der Waals surface area (Å²) < 4.78 is 86.7. The Hall–Kier alpha value is -2.08. The number of alkyl halides is 6. The molecule has 2 amide bonds. The molecule has 180 valence electrons. The molecule has 0 saturated carbocycles. The third-order valence-electron chi connectivity index (χ3n) is 4.89. The number of hydrogen-bond acceptors (Lipinski definition) is 2. The molecule has 2 N–H and O–H groups in total. The Balaban J connectivity index is 2.98. The second-order valence-electron chi connectivity index (χ2n) is 7.41. The summed E-state index contributed by atoms with van der Waals surface area (Å²) in [6, 6.07) is 2.90. The van der Waals surface area contributed by atoms with Gasteiger partial charge in [-0.3, -0.25) is 9.59 Å². The number of carbonyl (C=O) groups excluding carboxylic acids is 2. The van der Waals surface area contributed by atoms with Crippen molar-refractivity contribution in [2.24, 2.45) is 0 Å². The van der Waals surface area contributed by atoms with Crippen LogP contribution in [0.1, 0.15) is 36.1 Å². The summed E-state index contributed by atoms with van der Waals surface area (Å²) >= 11 is 5.97. The standard InChI is InChI=1S/C21H18Br2F6N2O2/c1-9-5-13(7-15(22)17(9)30-11(3)32)19(20(24,25)26,21(27,28)29)14-6-10(2)18(16(23)8-14)31-12(4)33/h5-8H,1-4H3,(H,30,32)(H,31,33). The highest BCUT2D eigenvalue weighted by molar-refractivity contribution is 9.11. The lowest BCUT2D eigenvalue weighted by molar-refractivity contribution is -0.288. The van der Waals surface area contributed by atoms with Crippen molar-refractivity contribution in [1.29, 1.82) is 0 Å². The van der Waals surface area contributed by atoms with Crippen molar-refractivity contribution in [3.8, 4) is 0 Å². The molecule has 0 atom stereocenters. The molecule has 0 aliphatic rings. The highest BCUT2D eigenvalue weighted by Crippen LogP contribution is 2.57. The first kappa shape index (κ1) is 27.2. The SMILES string of the molecule is CC(=O)Nc1c(C)cc(C(c2cc(C)c(NC(C)=O)c(Br)c2)(C(F)(F)F)C(F)(F)F)cc1Br. The minimum absolute atomic E-state index is 0.00176. The summed E-state index contributed by atoms with van der Waals surface area (Å²) in [5.74, 6) is -1.09. The normalized spacial score (nSPS) is 12.5. The Bertz CT molecular complexity index is 979. The number of halogens is 8. The molecule has 0 bridgehead atoms. The summed E-state index contributed by atoms with van der Waals surface area (Å²) in [7, 11) is 0. The largest absolute Gasteiger partial charge is 0.411 e. The molecule has 33 heavy (non-hydrogen) atoms. The molecule has 12 heteroatoms. The average Bonchev–Trinajstić information content (AvgIpc) is 2.59. The zero-order valence-corrected chi connectivity index (χ0v) is 20.8. The van der Waals surface area contributed by atoms with Crippen LogP contribution in [0.25, 0.3) is 0 Å². The van der Waals surface area contributed by atoms with Gasteiger partial charge >= 0.3 is 12.4 Å². The quantitative estimate of drug-likeness (QED) is 0.365. The van der Waals surface area contributed by atoms with Crippen molar-refractivity contribution < 1.29 is 35.9 Å². The van der Waals surface area contributed by atoms with Gasteiger partial charge in [-0.15, -0.1) is 0 Å². The summed E-state index contributed by atoms with van der Waals surface area (Å²) in [6.07, 6.45) is -11.6. The van der Waals surface area contributed by atoms with Crippen LogP contribution in [0.5, 0.6) is 0 Å². The van der Waals surface area contributed by atoms with Gasteiger partial charge in [0.25, 0.3) is 0 Å². The third kappa shape index (κ3) is 5.06. The van der Waals surface area contributed by atoms with Crippen LogP contribution in [-0.2, 0) is 15.0 Å². The third-order valence-corrected chi connectivity index (χ3v) is 6.14. The van der Waals surface area contributed by atoms with E-state index in [2.05, 4.69) is 42.5 Å². The van der Waals surface area contributed by atoms with Gasteiger partial charge in [0.05, 0.1) is 11.4 Å². The first-order chi connectivity index (χ1) is 14.9. The molecule has 0 radical (unpaired) electrons. The van der Waals surface area contributed by atoms with Crippen LogP contribution in [0.15, 0.2) is 33.2 Å². The fraction of sp³-hybridized carbons (Fsp3) is 0.333. The number of rotatable bonds is 4. The molecule has 0 aromatic heterocycles. The van der Waals surface area contributed by atoms with Crippen LogP contribution >= 0.6 is 31.9 Å². The number of nitrogens with one attached hydrogen (secondary N) is 2. The molecule has 0 fully saturated rings. The van der Waals surface area contributed by atoms with Gasteiger partial charge in [0.1, 0.15) is 0 Å². The van der Waals surface area contributed by atoms with E-state index in [9.17, 15) is 35.9 Å². The molecular formula is C21H18Br2F6N2O2. The van der Waals surface area contributed by atoms with Gasteiger partial charge in [0.15, 0.2) is 0 Å². The molecule has 0 aliphatic carbocycles. The van der Waals surface area contributed by atoms with E-state index in [-0.39, 0.29) is 31.4 Å². The van der Waals surface area contributed by atoms with Gasteiger partial charge in [-0.05, 0) is 80.1 Å². The summed E-state index contributed by atoms with van der Waals surface area (Å²) in [6.45, 7) is 4.90. The monoisotopic (exact) mass is 602 g/mol. The minimum atomic E-state index is -5.80. The van der Waals surface area contributed by atoms with E-state index in [0.29, 0.717) is 12.1 Å². The van der Waals surface area contributed by atoms with Gasteiger partial charge in [0, 0.05) is 22.8 Å². The Labute approximate surface area is 202 Å². The summed E-state index contributed by atoms with van der Waals surface area (Å²) in [4.78, 5) is 22.8. The number of hydrogen-bond donors (Lipinski definition) is 2. The maximum Gasteiger partial charge on any atom is 0.411 e. The first-order valence-corrected chi connectivity index (χ1v) is 10.8. The van der Waals surface area contributed by atoms with Crippen molar-refractivity contribution in [3.63, 3.8) is 0 Å². The molecular weight excluding hydrogens is 586 g/mol. The zero-order valence-electron chi connectivity index (χ0n) is 17.6. The second-order valence-corrected chi connectivity index (χ2v) is 9.12. The van der Waals surface area contributed by atoms with Crippen LogP contribution in [0.3, 0.4) is 0 Å². The van der Waals surface area contributed by atoms with E-state index in [1.165, 1.54) is 13.8 Å². The van der Waals surface area contributed by atoms with Crippen LogP contribution < -0.4 is 10.6 Å². The van der Waals surface area contributed by atoms with Gasteiger partial charge in [-0.1, -0.05) is 12.1 Å². The molecule has 2 aromatic carbocycles. The molecule has 0 spiro atoms. The molecule has 0 heterocycles. The Morgan fingerprint density at radius 3 is 1.21 bits per heavy atom. The highest BCUT2D eigenvalue weighted by Gasteiger charge is 2.72. The van der Waals surface area contributed by atoms with Gasteiger partial charge in [0.2, 0.25) is 17.2 Å². The van der Waals surface area contributed by atoms with Crippen LogP contribution in [-0.4, -0.2) is 24.2 Å². The number of aryl methyl sites for hydroxylation is 2. The lowest BCUT2D eigenvalue weighted by Gasteiger charge is -2.39. The first-order valence-electron chi connectivity index (χ1n) is 9.23. The highest BCUT2D eigenvalue weighted by atomic mass is 79.9. The minimum Gasteiger partial charge on any atom is -0.325 e. The Morgan fingerprint density at radius 2 is 1.00 bits per heavy atom. The molecule has 4 nitrogen and oxygen atoms in total. The van der Waals surface area contributed by atoms with E-state index in [4.69, 9.17) is 0 Å². The van der Waals surface area contributed by atoms with Crippen molar-refractivity contribution in [1.82, 2.24) is 0 Å². The predicted octanol–water partition coefficient (Wildman–Crippen LogP) is 7.16. The Kier molecular flexibility index (Phi) is 7.64. The summed E-state index contributed by atoms with van der Waals surface area (Å²) in [5.41, 5.74) is -6.45. The van der Waals surface area contributed by atoms with Crippen LogP contribution in [0, 0.1) is 13.8 Å². The van der Waals surface area contributed by atoms with Crippen molar-refractivity contribution in [3.05, 3.63) is 55.5 Å². The second kappa shape index (κ2) is 9.28. The fourth-order valence-electron chi connectivity index (χ4n) is 3.57. The molecule has 0 saturated heterocycles. The molecule has 2 aromatic rings. The van der Waals surface area contributed by atoms with E-state index < -0.39 is 40.7 Å². The number of carbonyl (C=O) groups is 2. The van der Waals surface area contributed by atoms with Crippen molar-refractivity contribution in [2.75, 3.05) is 10.6 Å². The maximum absolute atomic E-state index is 14.5. The van der Waals surface area contributed by atoms with E-state index >= 15 is 0 Å². The van der Waals surface area contributed by atoms with Gasteiger partial charge < -0.3 is 10.6 Å². The smallest absolute Gasteiger partial charge is 0.325 e. The Morgan fingerprint density at radius 1 is 0.697 bits per heavy atom. The molecule has 0 aliphatic heterocycles. The van der Waals surface area contributed by atoms with Crippen molar-refractivity contribution >= 4 is 55.0 Å². The van der Waals surface area contributed by atoms with E-state index in [1.807, 2.05) is 0 Å². The van der Waals surface area contributed by atoms with E-state index in [1.54, 1.807) is 0 Å². The van der Waals surface area contributed by atoms with Crippen LogP contribution in [0.4, 0.5) is 37.7 Å². The zero-order chi connectivity index (χ0) is 25.5. The average molecular weight is 604 g/mol. The topological polar surface area (TPSA) is 58.2 Å². The maximum atomic E-state index is 14.5. The number of benzene rings is 2. The number of anilines is 2. The fourth-order valence-corrected chi connectivity index (χ4v) is 4.89. The molecule has 2 rings (SSSR count). The van der Waals surface area contributed by atoms with Crippen molar-refractivity contribution in [2.45, 2.75) is 45.5 Å². The van der Waals surface area contributed by atoms with Crippen LogP contribution in [0.2, 0.25) is 0 Å². The summed E-state index contributed by atoms with van der Waals surface area (Å²) in [5, 5.41) is 4.77. The molecule has 0 unspecified atom stereocenters. The van der Waals surface area contributed by atoms with Gasteiger partial charge in [-0.25, -0.2) is 0 Å². The lowest BCUT2D eigenvalue weighted by atomic mass is 9.72. The lowest BCUT2D eigenvalue weighted by Crippen LogP contribution is -2.55.